The summed E-state index contributed by atoms with van der Waals surface area (Å²) in [5.74, 6) is -0.937. The van der Waals surface area contributed by atoms with Gasteiger partial charge in [0.25, 0.3) is 11.8 Å². The normalized spacial score (nSPS) is 14.2. The lowest BCUT2D eigenvalue weighted by Gasteiger charge is -2.26. The lowest BCUT2D eigenvalue weighted by atomic mass is 9.95. The van der Waals surface area contributed by atoms with Crippen molar-refractivity contribution in [3.8, 4) is 11.5 Å². The Balaban J connectivity index is 1.42. The number of hydrogen-bond acceptors (Lipinski definition) is 6. The van der Waals surface area contributed by atoms with Crippen LogP contribution >= 0.6 is 7.52 Å². The van der Waals surface area contributed by atoms with Gasteiger partial charge in [-0.25, -0.2) is 9.48 Å². The van der Waals surface area contributed by atoms with Gasteiger partial charge in [0.05, 0.1) is 17.3 Å². The highest BCUT2D eigenvalue weighted by Gasteiger charge is 2.37. The fourth-order valence-electron chi connectivity index (χ4n) is 5.25. The summed E-state index contributed by atoms with van der Waals surface area (Å²) in [4.78, 5) is 34.9. The van der Waals surface area contributed by atoms with Gasteiger partial charge >= 0.3 is 7.52 Å². The van der Waals surface area contributed by atoms with Crippen LogP contribution in [0.5, 0.6) is 11.5 Å². The van der Waals surface area contributed by atoms with Gasteiger partial charge in [0.2, 0.25) is 0 Å². The van der Waals surface area contributed by atoms with Crippen molar-refractivity contribution in [2.45, 2.75) is 32.9 Å². The number of phenolic OH excluding ortho intramolecular Hbond substituents is 1. The molecule has 0 aliphatic carbocycles. The number of phenols is 1. The van der Waals surface area contributed by atoms with Crippen molar-refractivity contribution in [3.63, 3.8) is 0 Å². The van der Waals surface area contributed by atoms with Gasteiger partial charge in [-0.15, -0.1) is 0 Å². The van der Waals surface area contributed by atoms with Crippen molar-refractivity contribution in [3.05, 3.63) is 101 Å². The van der Waals surface area contributed by atoms with Crippen LogP contribution in [0, 0.1) is 5.82 Å². The molecule has 0 saturated carbocycles. The van der Waals surface area contributed by atoms with E-state index in [4.69, 9.17) is 4.52 Å². The minimum atomic E-state index is -3.40. The number of rotatable bonds is 11. The minimum absolute atomic E-state index is 0.0432. The lowest BCUT2D eigenvalue weighted by molar-refractivity contribution is 0.0771. The largest absolute Gasteiger partial charge is 0.505 e. The molecule has 0 saturated heterocycles. The Bertz CT molecular complexity index is 1700. The molecule has 1 aromatic heterocycles. The first-order valence-corrected chi connectivity index (χ1v) is 15.9. The number of fused-ring (bicyclic) bond motifs is 2. The third-order valence-electron chi connectivity index (χ3n) is 7.32. The molecule has 2 N–H and O–H groups in total. The topological polar surface area (TPSA) is 112 Å². The van der Waals surface area contributed by atoms with Crippen LogP contribution in [0.3, 0.4) is 0 Å². The number of amides is 2. The molecule has 2 amide bonds. The maximum atomic E-state index is 14.1. The first-order chi connectivity index (χ1) is 20.6. The Labute approximate surface area is 249 Å². The number of halogens is 1. The standard InChI is InChI=1S/C32H34FN4O5P/c1-21(2)35-43(41,42-24-8-5-4-6-9-24)19-18-36(3)31(39)27-25-10-7-16-34-29(25)30(38)28-26(27)20-37(32(28)40)17-15-22-11-13-23(33)14-12-22/h4-14,16,21,38H,15,17-20H2,1-3H3,(H,35,41). The molecular formula is C32H34FN4O5P. The second kappa shape index (κ2) is 12.5. The van der Waals surface area contributed by atoms with Crippen LogP contribution in [0.4, 0.5) is 4.39 Å². The van der Waals surface area contributed by atoms with Gasteiger partial charge < -0.3 is 19.4 Å². The molecular weight excluding hydrogens is 570 g/mol. The second-order valence-electron chi connectivity index (χ2n) is 10.9. The number of pyridine rings is 1. The number of carbonyl (C=O) groups excluding carboxylic acids is 2. The number of nitrogens with one attached hydrogen (secondary N) is 1. The van der Waals surface area contributed by atoms with Crippen molar-refractivity contribution in [2.24, 2.45) is 0 Å². The summed E-state index contributed by atoms with van der Waals surface area (Å²) in [5, 5.41) is 14.6. The number of carbonyl (C=O) groups is 2. The molecule has 43 heavy (non-hydrogen) atoms. The second-order valence-corrected chi connectivity index (χ2v) is 13.1. The monoisotopic (exact) mass is 604 g/mol. The van der Waals surface area contributed by atoms with Crippen molar-refractivity contribution < 1.29 is 28.2 Å². The van der Waals surface area contributed by atoms with E-state index in [1.54, 1.807) is 60.5 Å². The zero-order valence-corrected chi connectivity index (χ0v) is 25.2. The zero-order valence-electron chi connectivity index (χ0n) is 24.3. The highest BCUT2D eigenvalue weighted by Crippen LogP contribution is 2.44. The Morgan fingerprint density at radius 2 is 1.86 bits per heavy atom. The van der Waals surface area contributed by atoms with Crippen LogP contribution in [0.15, 0.2) is 72.9 Å². The molecule has 1 aliphatic rings. The van der Waals surface area contributed by atoms with E-state index in [1.165, 1.54) is 23.2 Å². The van der Waals surface area contributed by atoms with Gasteiger partial charge in [0, 0.05) is 49.9 Å². The quantitative estimate of drug-likeness (QED) is 0.214. The van der Waals surface area contributed by atoms with Crippen molar-refractivity contribution in [2.75, 3.05) is 26.3 Å². The Kier molecular flexibility index (Phi) is 8.80. The van der Waals surface area contributed by atoms with Gasteiger partial charge in [-0.05, 0) is 56.2 Å². The van der Waals surface area contributed by atoms with Crippen molar-refractivity contribution in [1.29, 1.82) is 0 Å². The van der Waals surface area contributed by atoms with Gasteiger partial charge in [-0.1, -0.05) is 36.4 Å². The Morgan fingerprint density at radius 3 is 2.56 bits per heavy atom. The summed E-state index contributed by atoms with van der Waals surface area (Å²) in [6.45, 7) is 4.27. The molecule has 1 unspecified atom stereocenters. The third-order valence-corrected chi connectivity index (χ3v) is 9.52. The van der Waals surface area contributed by atoms with Crippen LogP contribution in [0.2, 0.25) is 0 Å². The lowest BCUT2D eigenvalue weighted by Crippen LogP contribution is -2.33. The minimum Gasteiger partial charge on any atom is -0.505 e. The van der Waals surface area contributed by atoms with Gasteiger partial charge in [0.15, 0.2) is 5.75 Å². The first kappa shape index (κ1) is 30.2. The number of benzene rings is 3. The van der Waals surface area contributed by atoms with Crippen LogP contribution in [-0.2, 0) is 17.5 Å². The van der Waals surface area contributed by atoms with Crippen LogP contribution in [0.25, 0.3) is 10.9 Å². The molecule has 11 heteroatoms. The van der Waals surface area contributed by atoms with Crippen LogP contribution in [-0.4, -0.2) is 64.0 Å². The summed E-state index contributed by atoms with van der Waals surface area (Å²) < 4.78 is 33.1. The first-order valence-electron chi connectivity index (χ1n) is 14.1. The Hall–Kier alpha value is -4.27. The molecule has 1 aliphatic heterocycles. The molecule has 3 aromatic carbocycles. The van der Waals surface area contributed by atoms with Gasteiger partial charge in [-0.3, -0.25) is 19.1 Å². The summed E-state index contributed by atoms with van der Waals surface area (Å²) in [7, 11) is -1.79. The summed E-state index contributed by atoms with van der Waals surface area (Å²) >= 11 is 0. The Morgan fingerprint density at radius 1 is 1.14 bits per heavy atom. The number of hydrogen-bond donors (Lipinski definition) is 2. The van der Waals surface area contributed by atoms with Crippen LogP contribution < -0.4 is 9.61 Å². The van der Waals surface area contributed by atoms with E-state index in [1.807, 2.05) is 19.9 Å². The number of para-hydroxylation sites is 1. The fourth-order valence-corrected chi connectivity index (χ4v) is 7.33. The molecule has 2 heterocycles. The number of aromatic hydroxyl groups is 1. The highest BCUT2D eigenvalue weighted by molar-refractivity contribution is 7.57. The molecule has 0 fully saturated rings. The van der Waals surface area contributed by atoms with E-state index in [2.05, 4.69) is 10.1 Å². The molecule has 0 radical (unpaired) electrons. The smallest absolute Gasteiger partial charge is 0.318 e. The molecule has 224 valence electrons. The predicted molar refractivity (Wildman–Crippen MR) is 163 cm³/mol. The predicted octanol–water partition coefficient (Wildman–Crippen LogP) is 5.62. The highest BCUT2D eigenvalue weighted by atomic mass is 31.2. The maximum absolute atomic E-state index is 14.1. The molecule has 0 bridgehead atoms. The molecule has 0 spiro atoms. The van der Waals surface area contributed by atoms with Crippen LogP contribution in [0.1, 0.15) is 45.7 Å². The fraction of sp³-hybridized carbons (Fsp3) is 0.281. The third kappa shape index (κ3) is 6.55. The zero-order chi connectivity index (χ0) is 30.7. The van der Waals surface area contributed by atoms with E-state index < -0.39 is 19.3 Å². The van der Waals surface area contributed by atoms with Gasteiger partial charge in [-0.2, -0.15) is 0 Å². The molecule has 1 atom stereocenters. The van der Waals surface area contributed by atoms with Crippen molar-refractivity contribution >= 4 is 30.2 Å². The summed E-state index contributed by atoms with van der Waals surface area (Å²) in [6, 6.07) is 18.2. The average molecular weight is 605 g/mol. The van der Waals surface area contributed by atoms with E-state index in [0.29, 0.717) is 29.7 Å². The summed E-state index contributed by atoms with van der Waals surface area (Å²) in [6.07, 6.45) is 2.01. The maximum Gasteiger partial charge on any atom is 0.318 e. The molecule has 5 rings (SSSR count). The number of nitrogens with zero attached hydrogens (tertiary/aromatic N) is 3. The summed E-state index contributed by atoms with van der Waals surface area (Å²) in [5.41, 5.74) is 1.76. The van der Waals surface area contributed by atoms with Crippen molar-refractivity contribution in [1.82, 2.24) is 19.9 Å². The van der Waals surface area contributed by atoms with E-state index in [0.717, 1.165) is 5.56 Å². The van der Waals surface area contributed by atoms with E-state index in [-0.39, 0.29) is 53.5 Å². The average Bonchev–Trinajstić information content (AvgIpc) is 3.31. The van der Waals surface area contributed by atoms with Gasteiger partial charge in [0.1, 0.15) is 17.1 Å². The SMILES string of the molecule is CC(C)NP(=O)(CCN(C)C(=O)c1c2c(c(O)c3ncccc13)C(=O)N(CCc1ccc(F)cc1)C2)Oc1ccccc1. The number of aromatic nitrogens is 1. The van der Waals surface area contributed by atoms with E-state index in [9.17, 15) is 23.7 Å². The molecule has 4 aromatic rings. The molecule has 9 nitrogen and oxygen atoms in total. The van der Waals surface area contributed by atoms with E-state index >= 15 is 0 Å².